The molecular formula is C10H16N2O2S. The summed E-state index contributed by atoms with van der Waals surface area (Å²) in [7, 11) is 0. The van der Waals surface area contributed by atoms with Gasteiger partial charge in [0.25, 0.3) is 5.56 Å². The fraction of sp³-hybridized carbons (Fsp3) is 0.500. The SMILES string of the molecule is Nc1ccc(=O)n(CCCSCCO)c1. The van der Waals surface area contributed by atoms with Crippen LogP contribution in [0.4, 0.5) is 5.69 Å². The predicted molar refractivity (Wildman–Crippen MR) is 64.1 cm³/mol. The van der Waals surface area contributed by atoms with Crippen molar-refractivity contribution in [3.8, 4) is 0 Å². The molecule has 1 heterocycles. The van der Waals surface area contributed by atoms with Gasteiger partial charge in [-0.05, 0) is 18.2 Å². The van der Waals surface area contributed by atoms with Crippen molar-refractivity contribution in [2.75, 3.05) is 23.8 Å². The first-order valence-electron chi connectivity index (χ1n) is 4.88. The van der Waals surface area contributed by atoms with Crippen LogP contribution in [0.1, 0.15) is 6.42 Å². The Bertz CT molecular complexity index is 352. The third-order valence-corrected chi connectivity index (χ3v) is 2.98. The molecule has 0 radical (unpaired) electrons. The van der Waals surface area contributed by atoms with E-state index in [-0.39, 0.29) is 12.2 Å². The van der Waals surface area contributed by atoms with Gasteiger partial charge >= 0.3 is 0 Å². The first-order chi connectivity index (χ1) is 7.24. The second kappa shape index (κ2) is 6.53. The van der Waals surface area contributed by atoms with E-state index in [0.717, 1.165) is 17.9 Å². The molecule has 0 atom stereocenters. The molecule has 1 rings (SSSR count). The van der Waals surface area contributed by atoms with E-state index < -0.39 is 0 Å². The Labute approximate surface area is 93.1 Å². The van der Waals surface area contributed by atoms with Gasteiger partial charge in [0, 0.05) is 30.2 Å². The summed E-state index contributed by atoms with van der Waals surface area (Å²) in [6.45, 7) is 0.894. The minimum absolute atomic E-state index is 0.0173. The maximum atomic E-state index is 11.4. The zero-order valence-corrected chi connectivity index (χ0v) is 9.37. The van der Waals surface area contributed by atoms with Crippen LogP contribution in [0.3, 0.4) is 0 Å². The lowest BCUT2D eigenvalue weighted by Gasteiger charge is -2.05. The van der Waals surface area contributed by atoms with Gasteiger partial charge < -0.3 is 15.4 Å². The maximum Gasteiger partial charge on any atom is 0.250 e. The number of nitrogen functional groups attached to an aromatic ring is 1. The van der Waals surface area contributed by atoms with Gasteiger partial charge in [0.05, 0.1) is 6.61 Å². The summed E-state index contributed by atoms with van der Waals surface area (Å²) in [6.07, 6.45) is 2.58. The van der Waals surface area contributed by atoms with Crippen molar-refractivity contribution in [3.05, 3.63) is 28.7 Å². The molecule has 1 aromatic heterocycles. The Balaban J connectivity index is 2.37. The monoisotopic (exact) mass is 228 g/mol. The summed E-state index contributed by atoms with van der Waals surface area (Å²) < 4.78 is 1.62. The average Bonchev–Trinajstić information content (AvgIpc) is 2.23. The molecule has 84 valence electrons. The molecule has 0 fully saturated rings. The van der Waals surface area contributed by atoms with Crippen LogP contribution < -0.4 is 11.3 Å². The van der Waals surface area contributed by atoms with E-state index in [0.29, 0.717) is 12.2 Å². The van der Waals surface area contributed by atoms with Crippen molar-refractivity contribution in [2.45, 2.75) is 13.0 Å². The molecule has 0 aliphatic heterocycles. The number of nitrogens with two attached hydrogens (primary N) is 1. The molecule has 0 aliphatic rings. The predicted octanol–water partition coefficient (Wildman–Crippen LogP) is 0.546. The van der Waals surface area contributed by atoms with Crippen molar-refractivity contribution in [2.24, 2.45) is 0 Å². The lowest BCUT2D eigenvalue weighted by Crippen LogP contribution is -2.19. The van der Waals surface area contributed by atoms with Gasteiger partial charge in [0.2, 0.25) is 0 Å². The summed E-state index contributed by atoms with van der Waals surface area (Å²) in [5, 5.41) is 8.57. The van der Waals surface area contributed by atoms with E-state index in [2.05, 4.69) is 0 Å². The minimum Gasteiger partial charge on any atom is -0.398 e. The number of rotatable bonds is 6. The number of hydrogen-bond donors (Lipinski definition) is 2. The zero-order chi connectivity index (χ0) is 11.1. The zero-order valence-electron chi connectivity index (χ0n) is 8.56. The Kier molecular flexibility index (Phi) is 5.28. The quantitative estimate of drug-likeness (QED) is 0.698. The normalized spacial score (nSPS) is 10.5. The second-order valence-electron chi connectivity index (χ2n) is 3.18. The van der Waals surface area contributed by atoms with E-state index in [9.17, 15) is 4.79 Å². The van der Waals surface area contributed by atoms with Crippen LogP contribution in [0, 0.1) is 0 Å². The number of aliphatic hydroxyl groups is 1. The van der Waals surface area contributed by atoms with Gasteiger partial charge in [-0.1, -0.05) is 0 Å². The molecule has 0 spiro atoms. The molecule has 0 bridgehead atoms. The summed E-state index contributed by atoms with van der Waals surface area (Å²) in [4.78, 5) is 11.4. The van der Waals surface area contributed by atoms with E-state index in [4.69, 9.17) is 10.8 Å². The number of aromatic nitrogens is 1. The van der Waals surface area contributed by atoms with Crippen LogP contribution in [0.25, 0.3) is 0 Å². The molecule has 5 heteroatoms. The highest BCUT2D eigenvalue weighted by Crippen LogP contribution is 2.03. The molecular weight excluding hydrogens is 212 g/mol. The highest BCUT2D eigenvalue weighted by Gasteiger charge is 1.96. The first-order valence-corrected chi connectivity index (χ1v) is 6.04. The molecule has 0 aromatic carbocycles. The Morgan fingerprint density at radius 1 is 1.40 bits per heavy atom. The standard InChI is InChI=1S/C10H16N2O2S/c11-9-2-3-10(14)12(8-9)4-1-6-15-7-5-13/h2-3,8,13H,1,4-7,11H2. The minimum atomic E-state index is -0.0173. The van der Waals surface area contributed by atoms with Gasteiger partial charge in [-0.25, -0.2) is 0 Å². The summed E-state index contributed by atoms with van der Waals surface area (Å²) >= 11 is 1.69. The van der Waals surface area contributed by atoms with Crippen molar-refractivity contribution in [1.82, 2.24) is 4.57 Å². The van der Waals surface area contributed by atoms with E-state index >= 15 is 0 Å². The smallest absolute Gasteiger partial charge is 0.250 e. The molecule has 0 aliphatic carbocycles. The fourth-order valence-corrected chi connectivity index (χ4v) is 1.89. The lowest BCUT2D eigenvalue weighted by molar-refractivity contribution is 0.322. The maximum absolute atomic E-state index is 11.4. The van der Waals surface area contributed by atoms with Crippen LogP contribution in [0.15, 0.2) is 23.1 Å². The topological polar surface area (TPSA) is 68.2 Å². The van der Waals surface area contributed by atoms with Crippen LogP contribution in [-0.4, -0.2) is 27.8 Å². The van der Waals surface area contributed by atoms with Gasteiger partial charge in [-0.15, -0.1) is 0 Å². The van der Waals surface area contributed by atoms with Gasteiger partial charge in [-0.3, -0.25) is 4.79 Å². The van der Waals surface area contributed by atoms with Gasteiger partial charge in [0.1, 0.15) is 0 Å². The molecule has 0 saturated heterocycles. The molecule has 0 saturated carbocycles. The van der Waals surface area contributed by atoms with Gasteiger partial charge in [-0.2, -0.15) is 11.8 Å². The van der Waals surface area contributed by atoms with E-state index in [1.807, 2.05) is 0 Å². The number of thioether (sulfide) groups is 1. The molecule has 0 unspecified atom stereocenters. The average molecular weight is 228 g/mol. The van der Waals surface area contributed by atoms with Crippen molar-refractivity contribution >= 4 is 17.4 Å². The van der Waals surface area contributed by atoms with Crippen LogP contribution in [0.5, 0.6) is 0 Å². The molecule has 0 amide bonds. The Morgan fingerprint density at radius 2 is 2.20 bits per heavy atom. The third kappa shape index (κ3) is 4.40. The third-order valence-electron chi connectivity index (χ3n) is 1.93. The Hall–Kier alpha value is -0.940. The Morgan fingerprint density at radius 3 is 2.93 bits per heavy atom. The van der Waals surface area contributed by atoms with Crippen molar-refractivity contribution in [3.63, 3.8) is 0 Å². The summed E-state index contributed by atoms with van der Waals surface area (Å²) in [6, 6.07) is 3.09. The number of aryl methyl sites for hydroxylation is 1. The largest absolute Gasteiger partial charge is 0.398 e. The van der Waals surface area contributed by atoms with E-state index in [1.165, 1.54) is 6.07 Å². The van der Waals surface area contributed by atoms with Crippen molar-refractivity contribution in [1.29, 1.82) is 0 Å². The van der Waals surface area contributed by atoms with Crippen LogP contribution in [0.2, 0.25) is 0 Å². The molecule has 1 aromatic rings. The number of anilines is 1. The van der Waals surface area contributed by atoms with Crippen LogP contribution >= 0.6 is 11.8 Å². The highest BCUT2D eigenvalue weighted by molar-refractivity contribution is 7.99. The number of pyridine rings is 1. The fourth-order valence-electron chi connectivity index (χ4n) is 1.23. The van der Waals surface area contributed by atoms with E-state index in [1.54, 1.807) is 28.6 Å². The lowest BCUT2D eigenvalue weighted by atomic mass is 10.4. The summed E-state index contributed by atoms with van der Waals surface area (Å²) in [5.41, 5.74) is 6.17. The molecule has 15 heavy (non-hydrogen) atoms. The van der Waals surface area contributed by atoms with Crippen molar-refractivity contribution < 1.29 is 5.11 Å². The molecule has 3 N–H and O–H groups in total. The summed E-state index contributed by atoms with van der Waals surface area (Å²) in [5.74, 6) is 1.70. The van der Waals surface area contributed by atoms with Crippen LogP contribution in [-0.2, 0) is 6.54 Å². The first kappa shape index (κ1) is 12.1. The van der Waals surface area contributed by atoms with Gasteiger partial charge in [0.15, 0.2) is 0 Å². The number of aliphatic hydroxyl groups excluding tert-OH is 1. The number of hydrogen-bond acceptors (Lipinski definition) is 4. The second-order valence-corrected chi connectivity index (χ2v) is 4.41. The highest BCUT2D eigenvalue weighted by atomic mass is 32.2. The molecule has 4 nitrogen and oxygen atoms in total. The number of nitrogens with zero attached hydrogens (tertiary/aromatic N) is 1.